The van der Waals surface area contributed by atoms with Gasteiger partial charge in [-0.25, -0.2) is 12.8 Å². The quantitative estimate of drug-likeness (QED) is 0.852. The summed E-state index contributed by atoms with van der Waals surface area (Å²) in [6.07, 6.45) is 1.89. The molecule has 7 heteroatoms. The first kappa shape index (κ1) is 15.9. The van der Waals surface area contributed by atoms with Gasteiger partial charge in [-0.2, -0.15) is 4.31 Å². The highest BCUT2D eigenvalue weighted by Crippen LogP contribution is 2.30. The monoisotopic (exact) mass is 329 g/mol. The Labute approximate surface area is 130 Å². The lowest BCUT2D eigenvalue weighted by Crippen LogP contribution is -2.50. The molecule has 1 aromatic carbocycles. The van der Waals surface area contributed by atoms with Gasteiger partial charge in [0.2, 0.25) is 10.0 Å². The van der Waals surface area contributed by atoms with Crippen LogP contribution in [-0.4, -0.2) is 44.8 Å². The van der Waals surface area contributed by atoms with Crippen LogP contribution in [0, 0.1) is 12.7 Å². The standard InChI is InChI=1S/C15H20FNO4S/c1-11-5-6-12(10-13(11)16)22(18,19)17-7-3-2-4-14(17)15-20-8-9-21-15/h5-6,10,14-15H,2-4,7-9H2,1H3/t14-/m0/s1. The largest absolute Gasteiger partial charge is 0.349 e. The molecule has 0 spiro atoms. The van der Waals surface area contributed by atoms with E-state index < -0.39 is 22.1 Å². The molecule has 2 aliphatic heterocycles. The van der Waals surface area contributed by atoms with E-state index in [2.05, 4.69) is 0 Å². The third-order valence-corrected chi connectivity index (χ3v) is 6.13. The van der Waals surface area contributed by atoms with Crippen molar-refractivity contribution in [2.24, 2.45) is 0 Å². The number of halogens is 1. The molecule has 22 heavy (non-hydrogen) atoms. The van der Waals surface area contributed by atoms with E-state index in [0.717, 1.165) is 18.9 Å². The minimum Gasteiger partial charge on any atom is -0.349 e. The molecule has 5 nitrogen and oxygen atoms in total. The van der Waals surface area contributed by atoms with Gasteiger partial charge in [-0.1, -0.05) is 12.5 Å². The fourth-order valence-corrected chi connectivity index (χ4v) is 4.66. The van der Waals surface area contributed by atoms with E-state index in [1.807, 2.05) is 0 Å². The van der Waals surface area contributed by atoms with Gasteiger partial charge < -0.3 is 9.47 Å². The zero-order chi connectivity index (χ0) is 15.7. The molecular formula is C15H20FNO4S. The van der Waals surface area contributed by atoms with Gasteiger partial charge >= 0.3 is 0 Å². The van der Waals surface area contributed by atoms with Crippen LogP contribution in [-0.2, 0) is 19.5 Å². The Kier molecular flexibility index (Phi) is 4.49. The number of aryl methyl sites for hydroxylation is 1. The minimum absolute atomic E-state index is 0.0134. The van der Waals surface area contributed by atoms with Gasteiger partial charge in [0.25, 0.3) is 0 Å². The Hall–Kier alpha value is -1.02. The van der Waals surface area contributed by atoms with E-state index in [4.69, 9.17) is 9.47 Å². The van der Waals surface area contributed by atoms with Crippen molar-refractivity contribution < 1.29 is 22.3 Å². The lowest BCUT2D eigenvalue weighted by atomic mass is 10.0. The van der Waals surface area contributed by atoms with Crippen molar-refractivity contribution in [3.8, 4) is 0 Å². The molecule has 3 rings (SSSR count). The van der Waals surface area contributed by atoms with Crippen molar-refractivity contribution in [1.29, 1.82) is 0 Å². The van der Waals surface area contributed by atoms with Crippen LogP contribution in [0.15, 0.2) is 23.1 Å². The molecule has 0 aliphatic carbocycles. The summed E-state index contributed by atoms with van der Waals surface area (Å²) in [5.41, 5.74) is 0.427. The molecule has 0 aromatic heterocycles. The van der Waals surface area contributed by atoms with E-state index >= 15 is 0 Å². The van der Waals surface area contributed by atoms with Crippen LogP contribution >= 0.6 is 0 Å². The Bertz CT molecular complexity index is 643. The number of rotatable bonds is 3. The summed E-state index contributed by atoms with van der Waals surface area (Å²) in [6.45, 7) is 2.98. The molecule has 2 saturated heterocycles. The van der Waals surface area contributed by atoms with Crippen molar-refractivity contribution >= 4 is 10.0 Å². The number of hydrogen-bond donors (Lipinski definition) is 0. The lowest BCUT2D eigenvalue weighted by Gasteiger charge is -2.36. The van der Waals surface area contributed by atoms with Gasteiger partial charge in [-0.15, -0.1) is 0 Å². The van der Waals surface area contributed by atoms with Crippen molar-refractivity contribution in [2.75, 3.05) is 19.8 Å². The SMILES string of the molecule is Cc1ccc(S(=O)(=O)N2CCCC[C@H]2C2OCCO2)cc1F. The van der Waals surface area contributed by atoms with Gasteiger partial charge in [0.1, 0.15) is 5.82 Å². The Morgan fingerprint density at radius 2 is 1.95 bits per heavy atom. The predicted octanol–water partition coefficient (Wildman–Crippen LogP) is 2.05. The fourth-order valence-electron chi connectivity index (χ4n) is 2.97. The number of sulfonamides is 1. The van der Waals surface area contributed by atoms with Crippen LogP contribution in [0.5, 0.6) is 0 Å². The average molecular weight is 329 g/mol. The van der Waals surface area contributed by atoms with Gasteiger partial charge in [-0.05, 0) is 37.5 Å². The Balaban J connectivity index is 1.92. The van der Waals surface area contributed by atoms with Gasteiger partial charge in [0.15, 0.2) is 6.29 Å². The number of piperidine rings is 1. The first-order valence-corrected chi connectivity index (χ1v) is 8.95. The summed E-state index contributed by atoms with van der Waals surface area (Å²) in [7, 11) is -3.75. The molecule has 0 radical (unpaired) electrons. The summed E-state index contributed by atoms with van der Waals surface area (Å²) in [5, 5.41) is 0. The first-order chi connectivity index (χ1) is 10.5. The summed E-state index contributed by atoms with van der Waals surface area (Å²) in [5.74, 6) is -0.511. The molecule has 0 unspecified atom stereocenters. The van der Waals surface area contributed by atoms with E-state index in [1.165, 1.54) is 16.4 Å². The van der Waals surface area contributed by atoms with Crippen LogP contribution in [0.1, 0.15) is 24.8 Å². The highest BCUT2D eigenvalue weighted by atomic mass is 32.2. The summed E-state index contributed by atoms with van der Waals surface area (Å²) < 4.78 is 51.9. The molecule has 0 bridgehead atoms. The molecule has 0 saturated carbocycles. The Morgan fingerprint density at radius 3 is 2.64 bits per heavy atom. The van der Waals surface area contributed by atoms with Gasteiger partial charge in [0, 0.05) is 6.54 Å². The van der Waals surface area contributed by atoms with Crippen molar-refractivity contribution in [1.82, 2.24) is 4.31 Å². The molecule has 122 valence electrons. The Morgan fingerprint density at radius 1 is 1.23 bits per heavy atom. The second-order valence-corrected chi connectivity index (χ2v) is 7.59. The maximum Gasteiger partial charge on any atom is 0.243 e. The smallest absolute Gasteiger partial charge is 0.243 e. The van der Waals surface area contributed by atoms with E-state index in [0.29, 0.717) is 31.7 Å². The topological polar surface area (TPSA) is 55.8 Å². The number of hydrogen-bond acceptors (Lipinski definition) is 4. The molecule has 0 N–H and O–H groups in total. The van der Waals surface area contributed by atoms with Crippen LogP contribution in [0.4, 0.5) is 4.39 Å². The van der Waals surface area contributed by atoms with Crippen molar-refractivity contribution in [3.63, 3.8) is 0 Å². The second kappa shape index (κ2) is 6.23. The number of ether oxygens (including phenoxy) is 2. The third-order valence-electron chi connectivity index (χ3n) is 4.21. The molecule has 1 aromatic rings. The first-order valence-electron chi connectivity index (χ1n) is 7.51. The third kappa shape index (κ3) is 2.90. The zero-order valence-electron chi connectivity index (χ0n) is 12.5. The van der Waals surface area contributed by atoms with Crippen LogP contribution < -0.4 is 0 Å². The van der Waals surface area contributed by atoms with Gasteiger partial charge in [-0.3, -0.25) is 0 Å². The molecule has 2 heterocycles. The van der Waals surface area contributed by atoms with Crippen LogP contribution in [0.3, 0.4) is 0 Å². The van der Waals surface area contributed by atoms with Crippen LogP contribution in [0.2, 0.25) is 0 Å². The molecule has 2 fully saturated rings. The maximum absolute atomic E-state index is 13.7. The average Bonchev–Trinajstić information content (AvgIpc) is 3.04. The second-order valence-electron chi connectivity index (χ2n) is 5.70. The fraction of sp³-hybridized carbons (Fsp3) is 0.600. The van der Waals surface area contributed by atoms with E-state index in [-0.39, 0.29) is 10.9 Å². The molecule has 0 amide bonds. The molecular weight excluding hydrogens is 309 g/mol. The normalized spacial score (nSPS) is 24.7. The minimum atomic E-state index is -3.75. The molecule has 2 aliphatic rings. The van der Waals surface area contributed by atoms with Crippen molar-refractivity contribution in [3.05, 3.63) is 29.6 Å². The number of nitrogens with zero attached hydrogens (tertiary/aromatic N) is 1. The molecule has 1 atom stereocenters. The van der Waals surface area contributed by atoms with Crippen molar-refractivity contribution in [2.45, 2.75) is 43.4 Å². The lowest BCUT2D eigenvalue weighted by molar-refractivity contribution is -0.0913. The van der Waals surface area contributed by atoms with Gasteiger partial charge in [0.05, 0.1) is 24.2 Å². The maximum atomic E-state index is 13.7. The zero-order valence-corrected chi connectivity index (χ0v) is 13.3. The predicted molar refractivity (Wildman–Crippen MR) is 78.4 cm³/mol. The van der Waals surface area contributed by atoms with Crippen LogP contribution in [0.25, 0.3) is 0 Å². The number of benzene rings is 1. The summed E-state index contributed by atoms with van der Waals surface area (Å²) >= 11 is 0. The highest BCUT2D eigenvalue weighted by molar-refractivity contribution is 7.89. The summed E-state index contributed by atoms with van der Waals surface area (Å²) in [4.78, 5) is -0.0134. The van der Waals surface area contributed by atoms with E-state index in [1.54, 1.807) is 6.92 Å². The van der Waals surface area contributed by atoms with E-state index in [9.17, 15) is 12.8 Å². The highest BCUT2D eigenvalue weighted by Gasteiger charge is 2.40. The summed E-state index contributed by atoms with van der Waals surface area (Å²) in [6, 6.07) is 3.69.